The van der Waals surface area contributed by atoms with E-state index in [0.29, 0.717) is 6.61 Å². The van der Waals surface area contributed by atoms with Gasteiger partial charge in [0.1, 0.15) is 5.75 Å². The molecule has 6 heteroatoms. The van der Waals surface area contributed by atoms with Gasteiger partial charge in [-0.25, -0.2) is 8.42 Å². The lowest BCUT2D eigenvalue weighted by molar-refractivity contribution is 0.338. The molecule has 0 aromatic heterocycles. The van der Waals surface area contributed by atoms with Gasteiger partial charge in [-0.1, -0.05) is 6.07 Å². The maximum Gasteiger partial charge on any atom is 0.151 e. The van der Waals surface area contributed by atoms with Gasteiger partial charge in [-0.15, -0.1) is 0 Å². The highest BCUT2D eigenvalue weighted by molar-refractivity contribution is 9.10. The molecule has 0 radical (unpaired) electrons. The Morgan fingerprint density at radius 2 is 2.05 bits per heavy atom. The fourth-order valence-electron chi connectivity index (χ4n) is 1.90. The average Bonchev–Trinajstić information content (AvgIpc) is 2.32. The van der Waals surface area contributed by atoms with Crippen LogP contribution < -0.4 is 10.1 Å². The molecule has 1 N–H and O–H groups in total. The van der Waals surface area contributed by atoms with E-state index in [1.165, 1.54) is 6.26 Å². The van der Waals surface area contributed by atoms with Crippen LogP contribution in [0.3, 0.4) is 0 Å². The van der Waals surface area contributed by atoms with Crippen molar-refractivity contribution in [1.82, 2.24) is 5.32 Å². The molecular formula is C13H20BrNO3S. The predicted octanol–water partition coefficient (Wildman–Crippen LogP) is 2.54. The van der Waals surface area contributed by atoms with Crippen molar-refractivity contribution in [3.63, 3.8) is 0 Å². The standard InChI is InChI=1S/C13H20BrNO3S/c1-5-18-12-7-6-10(8-11(12)14)13(15-3)9(2)19(4,16)17/h6-9,13,15H,5H2,1-4H3. The van der Waals surface area contributed by atoms with Crippen LogP contribution in [0.15, 0.2) is 22.7 Å². The molecule has 2 unspecified atom stereocenters. The van der Waals surface area contributed by atoms with E-state index in [-0.39, 0.29) is 6.04 Å². The van der Waals surface area contributed by atoms with Gasteiger partial charge in [0.25, 0.3) is 0 Å². The largest absolute Gasteiger partial charge is 0.493 e. The molecule has 0 aliphatic carbocycles. The average molecular weight is 350 g/mol. The molecule has 0 amide bonds. The van der Waals surface area contributed by atoms with Crippen LogP contribution in [0.25, 0.3) is 0 Å². The lowest BCUT2D eigenvalue weighted by Crippen LogP contribution is -2.32. The van der Waals surface area contributed by atoms with E-state index in [1.807, 2.05) is 25.1 Å². The van der Waals surface area contributed by atoms with Crippen molar-refractivity contribution in [2.75, 3.05) is 19.9 Å². The van der Waals surface area contributed by atoms with Gasteiger partial charge < -0.3 is 10.1 Å². The van der Waals surface area contributed by atoms with Gasteiger partial charge in [-0.05, 0) is 54.5 Å². The zero-order valence-corrected chi connectivity index (χ0v) is 14.0. The summed E-state index contributed by atoms with van der Waals surface area (Å²) in [7, 11) is -1.34. The molecule has 0 fully saturated rings. The number of halogens is 1. The molecule has 19 heavy (non-hydrogen) atoms. The van der Waals surface area contributed by atoms with Crippen molar-refractivity contribution in [2.45, 2.75) is 25.1 Å². The highest BCUT2D eigenvalue weighted by Crippen LogP contribution is 2.30. The summed E-state index contributed by atoms with van der Waals surface area (Å²) in [6.07, 6.45) is 1.26. The summed E-state index contributed by atoms with van der Waals surface area (Å²) in [5.74, 6) is 0.758. The van der Waals surface area contributed by atoms with E-state index >= 15 is 0 Å². The van der Waals surface area contributed by atoms with Crippen LogP contribution in [0.5, 0.6) is 5.75 Å². The monoisotopic (exact) mass is 349 g/mol. The second-order valence-corrected chi connectivity index (χ2v) is 7.68. The minimum absolute atomic E-state index is 0.248. The van der Waals surface area contributed by atoms with Crippen LogP contribution in [0.2, 0.25) is 0 Å². The first-order valence-electron chi connectivity index (χ1n) is 6.09. The number of rotatable bonds is 6. The number of hydrogen-bond donors (Lipinski definition) is 1. The third-order valence-corrected chi connectivity index (χ3v) is 5.31. The summed E-state index contributed by atoms with van der Waals surface area (Å²) in [4.78, 5) is 0. The molecule has 4 nitrogen and oxygen atoms in total. The van der Waals surface area contributed by atoms with Gasteiger partial charge in [0.2, 0.25) is 0 Å². The van der Waals surface area contributed by atoms with Crippen LogP contribution in [0.1, 0.15) is 25.5 Å². The first-order valence-corrected chi connectivity index (χ1v) is 8.84. The maximum atomic E-state index is 11.7. The van der Waals surface area contributed by atoms with Crippen LogP contribution in [0.4, 0.5) is 0 Å². The smallest absolute Gasteiger partial charge is 0.151 e. The Morgan fingerprint density at radius 3 is 2.47 bits per heavy atom. The number of sulfone groups is 1. The molecule has 0 saturated heterocycles. The van der Waals surface area contributed by atoms with Crippen molar-refractivity contribution in [3.8, 4) is 5.75 Å². The second kappa shape index (κ2) is 6.72. The fraction of sp³-hybridized carbons (Fsp3) is 0.538. The molecule has 1 rings (SSSR count). The van der Waals surface area contributed by atoms with Crippen LogP contribution in [-0.2, 0) is 9.84 Å². The summed E-state index contributed by atoms with van der Waals surface area (Å²) in [5.41, 5.74) is 0.913. The Kier molecular flexibility index (Phi) is 5.82. The zero-order valence-electron chi connectivity index (χ0n) is 11.6. The van der Waals surface area contributed by atoms with E-state index in [1.54, 1.807) is 14.0 Å². The zero-order chi connectivity index (χ0) is 14.6. The number of benzene rings is 1. The Morgan fingerprint density at radius 1 is 1.42 bits per heavy atom. The van der Waals surface area contributed by atoms with Gasteiger partial charge >= 0.3 is 0 Å². The van der Waals surface area contributed by atoms with Crippen LogP contribution in [0, 0.1) is 0 Å². The Balaban J connectivity index is 3.10. The summed E-state index contributed by atoms with van der Waals surface area (Å²) in [6.45, 7) is 4.22. The Labute approximate surface area is 123 Å². The highest BCUT2D eigenvalue weighted by Gasteiger charge is 2.26. The molecule has 0 aliphatic rings. The molecule has 1 aromatic rings. The summed E-state index contributed by atoms with van der Waals surface area (Å²) < 4.78 is 29.6. The Bertz CT molecular complexity index is 531. The molecular weight excluding hydrogens is 330 g/mol. The molecule has 1 aromatic carbocycles. The van der Waals surface area contributed by atoms with Gasteiger partial charge in [0.15, 0.2) is 9.84 Å². The Hall–Kier alpha value is -0.590. The molecule has 0 aliphatic heterocycles. The number of nitrogens with one attached hydrogen (secondary N) is 1. The van der Waals surface area contributed by atoms with Gasteiger partial charge in [-0.3, -0.25) is 0 Å². The molecule has 0 saturated carbocycles. The van der Waals surface area contributed by atoms with Crippen molar-refractivity contribution in [3.05, 3.63) is 28.2 Å². The van der Waals surface area contributed by atoms with E-state index in [2.05, 4.69) is 21.2 Å². The minimum atomic E-state index is -3.10. The topological polar surface area (TPSA) is 55.4 Å². The van der Waals surface area contributed by atoms with E-state index < -0.39 is 15.1 Å². The minimum Gasteiger partial charge on any atom is -0.493 e. The van der Waals surface area contributed by atoms with Crippen molar-refractivity contribution < 1.29 is 13.2 Å². The fourth-order valence-corrected chi connectivity index (χ4v) is 3.20. The molecule has 2 atom stereocenters. The normalized spacial score (nSPS) is 15.0. The summed E-state index contributed by atoms with van der Waals surface area (Å²) in [6, 6.07) is 5.39. The van der Waals surface area contributed by atoms with Crippen LogP contribution in [-0.4, -0.2) is 33.6 Å². The first kappa shape index (κ1) is 16.5. The van der Waals surface area contributed by atoms with Crippen molar-refractivity contribution in [1.29, 1.82) is 0 Å². The predicted molar refractivity (Wildman–Crippen MR) is 81.4 cm³/mol. The van der Waals surface area contributed by atoms with Gasteiger partial charge in [0, 0.05) is 12.3 Å². The molecule has 0 heterocycles. The van der Waals surface area contributed by atoms with Gasteiger partial charge in [-0.2, -0.15) is 0 Å². The third kappa shape index (κ3) is 4.19. The van der Waals surface area contributed by atoms with Crippen molar-refractivity contribution >= 4 is 25.8 Å². The molecule has 0 bridgehead atoms. The van der Waals surface area contributed by atoms with Crippen molar-refractivity contribution in [2.24, 2.45) is 0 Å². The highest BCUT2D eigenvalue weighted by atomic mass is 79.9. The lowest BCUT2D eigenvalue weighted by atomic mass is 10.0. The number of ether oxygens (including phenoxy) is 1. The molecule has 108 valence electrons. The van der Waals surface area contributed by atoms with E-state index in [4.69, 9.17) is 4.74 Å². The summed E-state index contributed by atoms with van der Waals surface area (Å²) in [5, 5.41) is 2.56. The maximum absolute atomic E-state index is 11.7. The van der Waals surface area contributed by atoms with E-state index in [0.717, 1.165) is 15.8 Å². The first-order chi connectivity index (χ1) is 8.81. The quantitative estimate of drug-likeness (QED) is 0.857. The SMILES string of the molecule is CCOc1ccc(C(NC)C(C)S(C)(=O)=O)cc1Br. The molecule has 0 spiro atoms. The summed E-state index contributed by atoms with van der Waals surface area (Å²) >= 11 is 3.44. The lowest BCUT2D eigenvalue weighted by Gasteiger charge is -2.23. The van der Waals surface area contributed by atoms with Crippen LogP contribution >= 0.6 is 15.9 Å². The number of hydrogen-bond acceptors (Lipinski definition) is 4. The third-order valence-electron chi connectivity index (χ3n) is 3.07. The van der Waals surface area contributed by atoms with Gasteiger partial charge in [0.05, 0.1) is 16.3 Å². The second-order valence-electron chi connectivity index (χ2n) is 4.42. The van der Waals surface area contributed by atoms with E-state index in [9.17, 15) is 8.42 Å².